The molecule has 1 aromatic carbocycles. The van der Waals surface area contributed by atoms with E-state index in [1.54, 1.807) is 27.7 Å². The van der Waals surface area contributed by atoms with E-state index < -0.39 is 121 Å². The van der Waals surface area contributed by atoms with Gasteiger partial charge in [0.2, 0.25) is 47.3 Å². The number of nitrogens with zero attached hydrogens (tertiary/aromatic N) is 2. The number of amides is 8. The van der Waals surface area contributed by atoms with Gasteiger partial charge in [0, 0.05) is 25.3 Å². The van der Waals surface area contributed by atoms with Crippen LogP contribution in [0.5, 0.6) is 5.75 Å². The molecule has 26 heteroatoms. The molecule has 0 unspecified atom stereocenters. The largest absolute Gasteiger partial charge is 0.508 e. The quantitative estimate of drug-likeness (QED) is 0.0147. The number of carbonyl (C=O) groups is 9. The zero-order valence-corrected chi connectivity index (χ0v) is 41.8. The van der Waals surface area contributed by atoms with Crippen LogP contribution in [-0.4, -0.2) is 166 Å². The molecule has 0 radical (unpaired) electrons. The summed E-state index contributed by atoms with van der Waals surface area (Å²) in [5.74, 6) is -8.75. The fourth-order valence-corrected chi connectivity index (χ4v) is 7.72. The number of nitrogens with two attached hydrogens (primary N) is 4. The fraction of sp³-hybridized carbons (Fsp3) is 0.644. The summed E-state index contributed by atoms with van der Waals surface area (Å²) in [5.41, 5.74) is 22.7. The summed E-state index contributed by atoms with van der Waals surface area (Å²) in [6.07, 6.45) is 2.22. The number of aliphatic carboxylic acids is 1. The van der Waals surface area contributed by atoms with E-state index in [1.165, 1.54) is 29.2 Å². The number of unbranched alkanes of at least 4 members (excludes halogenated alkanes) is 1. The maximum atomic E-state index is 14.4. The van der Waals surface area contributed by atoms with Crippen molar-refractivity contribution < 1.29 is 58.5 Å². The Kier molecular flexibility index (Phi) is 26.7. The normalized spacial score (nSPS) is 16.3. The summed E-state index contributed by atoms with van der Waals surface area (Å²) in [4.78, 5) is 125. The van der Waals surface area contributed by atoms with Crippen molar-refractivity contribution in [3.63, 3.8) is 0 Å². The van der Waals surface area contributed by atoms with E-state index in [-0.39, 0.29) is 68.6 Å². The molecule has 1 fully saturated rings. The van der Waals surface area contributed by atoms with Gasteiger partial charge in [0.25, 0.3) is 0 Å². The highest BCUT2D eigenvalue weighted by molar-refractivity contribution is 7.80. The number of hydrogen-bond donors (Lipinski definition) is 15. The van der Waals surface area contributed by atoms with Crippen molar-refractivity contribution in [1.29, 1.82) is 0 Å². The minimum Gasteiger partial charge on any atom is -0.508 e. The molecule has 0 bridgehead atoms. The molecule has 1 saturated heterocycles. The first kappa shape index (κ1) is 60.9. The predicted octanol–water partition coefficient (Wildman–Crippen LogP) is -3.83. The average molecular weight is 1020 g/mol. The van der Waals surface area contributed by atoms with Crippen molar-refractivity contribution in [2.45, 2.75) is 134 Å². The number of hydrogen-bond acceptors (Lipinski definition) is 15. The summed E-state index contributed by atoms with van der Waals surface area (Å²) in [7, 11) is 0. The predicted molar refractivity (Wildman–Crippen MR) is 265 cm³/mol. The Balaban J connectivity index is 2.30. The van der Waals surface area contributed by atoms with Crippen LogP contribution in [0.2, 0.25) is 0 Å². The lowest BCUT2D eigenvalue weighted by molar-refractivity contribution is -0.143. The molecule has 1 aliphatic rings. The minimum absolute atomic E-state index is 0.0513. The second-order valence-electron chi connectivity index (χ2n) is 18.0. The number of carboxylic acid groups (broad SMARTS) is 1. The number of guanidine groups is 1. The van der Waals surface area contributed by atoms with E-state index in [0.29, 0.717) is 37.8 Å². The van der Waals surface area contributed by atoms with Crippen molar-refractivity contribution in [3.8, 4) is 5.75 Å². The van der Waals surface area contributed by atoms with Crippen molar-refractivity contribution in [2.75, 3.05) is 38.5 Å². The molecule has 1 aliphatic heterocycles. The summed E-state index contributed by atoms with van der Waals surface area (Å²) >= 11 is 3.99. The molecule has 71 heavy (non-hydrogen) atoms. The van der Waals surface area contributed by atoms with Gasteiger partial charge in [-0.05, 0) is 81.0 Å². The van der Waals surface area contributed by atoms with Gasteiger partial charge < -0.3 is 80.4 Å². The number of aromatic hydroxyl groups is 1. The standard InChI is InChI=1S/C45H75N13O12S/c1-24(2)19-31(54-40(65)32(22-59)55-42(67)36(25(3)4)57-35(61)21-51-37(62)28(47)9-5-6-16-46)43(68)58-18-8-11-34(58)41(66)53-30(20-26-12-14-27(60)15-13-26)39(64)52-29(10-7-17-50-45(48)49)38(63)56-33(23-71)44(69)70/h12-15,24-25,28-34,36,59-60,71H,5-11,16-23,46-47H2,1-4H3,(H,51,62)(H,52,64)(H,53,66)(H,54,65)(H,55,67)(H,56,63)(H,57,61)(H,69,70)(H4,48,49,50)/t28-,29-,30-,31-,32-,33-,34-,36-/m0/s1. The number of benzene rings is 1. The number of rotatable bonds is 31. The Morgan fingerprint density at radius 3 is 1.96 bits per heavy atom. The number of phenols is 1. The van der Waals surface area contributed by atoms with Crippen LogP contribution in [0.3, 0.4) is 0 Å². The summed E-state index contributed by atoms with van der Waals surface area (Å²) < 4.78 is 0. The van der Waals surface area contributed by atoms with E-state index in [0.717, 1.165) is 0 Å². The fourth-order valence-electron chi connectivity index (χ4n) is 7.47. The van der Waals surface area contributed by atoms with Crippen molar-refractivity contribution >= 4 is 71.8 Å². The summed E-state index contributed by atoms with van der Waals surface area (Å²) in [6.45, 7) is 6.06. The van der Waals surface area contributed by atoms with Crippen LogP contribution in [0, 0.1) is 11.8 Å². The molecule has 2 rings (SSSR count). The van der Waals surface area contributed by atoms with E-state index in [4.69, 9.17) is 22.9 Å². The molecule has 25 nitrogen and oxygen atoms in total. The van der Waals surface area contributed by atoms with Crippen molar-refractivity contribution in [1.82, 2.24) is 42.1 Å². The van der Waals surface area contributed by atoms with Gasteiger partial charge in [0.05, 0.1) is 19.2 Å². The Hall–Kier alpha value is -6.25. The molecule has 0 spiro atoms. The minimum atomic E-state index is -1.59. The summed E-state index contributed by atoms with van der Waals surface area (Å²) in [6, 6.07) is -4.39. The highest BCUT2D eigenvalue weighted by Gasteiger charge is 2.40. The van der Waals surface area contributed by atoms with Crippen LogP contribution in [0.4, 0.5) is 0 Å². The molecule has 8 amide bonds. The maximum Gasteiger partial charge on any atom is 0.327 e. The van der Waals surface area contributed by atoms with E-state index >= 15 is 0 Å². The van der Waals surface area contributed by atoms with Crippen LogP contribution < -0.4 is 60.2 Å². The van der Waals surface area contributed by atoms with Gasteiger partial charge in [-0.2, -0.15) is 12.6 Å². The van der Waals surface area contributed by atoms with Gasteiger partial charge in [-0.1, -0.05) is 46.2 Å². The molecular weight excluding hydrogens is 947 g/mol. The monoisotopic (exact) mass is 1020 g/mol. The number of aliphatic hydroxyl groups excluding tert-OH is 1. The summed E-state index contributed by atoms with van der Waals surface area (Å²) in [5, 5.41) is 47.4. The number of aliphatic imine (C=N–C) groups is 1. The number of phenolic OH excluding ortho intramolecular Hbond substituents is 1. The van der Waals surface area contributed by atoms with Gasteiger partial charge in [0.1, 0.15) is 48.0 Å². The Labute approximate surface area is 419 Å². The van der Waals surface area contributed by atoms with Gasteiger partial charge in [-0.3, -0.25) is 43.3 Å². The molecule has 0 aromatic heterocycles. The zero-order chi connectivity index (χ0) is 53.4. The lowest BCUT2D eigenvalue weighted by Crippen LogP contribution is -2.61. The first-order chi connectivity index (χ1) is 33.5. The SMILES string of the molecule is CC(C)C[C@H](NC(=O)[C@H](CO)NC(=O)[C@@H](NC(=O)CNC(=O)[C@@H](N)CCCCN)C(C)C)C(=O)N1CCC[C@H]1C(=O)N[C@@H](Cc1ccc(O)cc1)C(=O)N[C@@H](CCCN=C(N)N)C(=O)N[C@@H](CS)C(=O)O. The number of carbonyl (C=O) groups excluding carboxylic acids is 8. The zero-order valence-electron chi connectivity index (χ0n) is 40.9. The smallest absolute Gasteiger partial charge is 0.327 e. The molecule has 398 valence electrons. The second kappa shape index (κ2) is 31.2. The third kappa shape index (κ3) is 21.3. The van der Waals surface area contributed by atoms with E-state index in [1.807, 2.05) is 0 Å². The Morgan fingerprint density at radius 1 is 0.775 bits per heavy atom. The number of thiol groups is 1. The average Bonchev–Trinajstić information content (AvgIpc) is 3.81. The molecule has 1 aromatic rings. The highest BCUT2D eigenvalue weighted by atomic mass is 32.1. The van der Waals surface area contributed by atoms with Gasteiger partial charge >= 0.3 is 5.97 Å². The van der Waals surface area contributed by atoms with E-state index in [9.17, 15) is 58.5 Å². The van der Waals surface area contributed by atoms with Gasteiger partial charge in [-0.15, -0.1) is 0 Å². The first-order valence-corrected chi connectivity index (χ1v) is 24.3. The van der Waals surface area contributed by atoms with Crippen molar-refractivity contribution in [2.24, 2.45) is 39.8 Å². The van der Waals surface area contributed by atoms with Crippen molar-refractivity contribution in [3.05, 3.63) is 29.8 Å². The van der Waals surface area contributed by atoms with E-state index in [2.05, 4.69) is 54.8 Å². The molecule has 8 atom stereocenters. The lowest BCUT2D eigenvalue weighted by atomic mass is 10.0. The molecule has 0 aliphatic carbocycles. The lowest BCUT2D eigenvalue weighted by Gasteiger charge is -2.31. The first-order valence-electron chi connectivity index (χ1n) is 23.7. The Morgan fingerprint density at radius 2 is 1.38 bits per heavy atom. The third-order valence-electron chi connectivity index (χ3n) is 11.4. The van der Waals surface area contributed by atoms with Crippen LogP contribution in [0.25, 0.3) is 0 Å². The van der Waals surface area contributed by atoms with Crippen LogP contribution in [0.1, 0.15) is 84.6 Å². The topological polar surface area (TPSA) is 418 Å². The number of carboxylic acids is 1. The number of nitrogens with one attached hydrogen (secondary N) is 7. The van der Waals surface area contributed by atoms with Crippen LogP contribution in [-0.2, 0) is 49.6 Å². The third-order valence-corrected chi connectivity index (χ3v) is 11.7. The Bertz CT molecular complexity index is 1990. The number of aliphatic hydroxyl groups is 1. The second-order valence-corrected chi connectivity index (χ2v) is 18.4. The molecule has 1 heterocycles. The number of likely N-dealkylation sites (tertiary alicyclic amines) is 1. The molecule has 0 saturated carbocycles. The van der Waals surface area contributed by atoms with Gasteiger partial charge in [-0.25, -0.2) is 4.79 Å². The van der Waals surface area contributed by atoms with Gasteiger partial charge in [0.15, 0.2) is 5.96 Å². The van der Waals surface area contributed by atoms with Crippen LogP contribution in [0.15, 0.2) is 29.3 Å². The highest BCUT2D eigenvalue weighted by Crippen LogP contribution is 2.22. The molecular formula is C45H75N13O12S. The molecule has 18 N–H and O–H groups in total. The maximum absolute atomic E-state index is 14.4. The van der Waals surface area contributed by atoms with Crippen LogP contribution >= 0.6 is 12.6 Å².